The minimum atomic E-state index is -0.189. The van der Waals surface area contributed by atoms with E-state index in [-0.39, 0.29) is 11.8 Å². The van der Waals surface area contributed by atoms with Crippen molar-refractivity contribution < 1.29 is 14.3 Å². The SMILES string of the molecule is Cc1c(/C=C2\C(=O)Nc3ncc(Br)cc32)[nH]c2c1C(=O)N(CCN1CCOCC1)CC2. The summed E-state index contributed by atoms with van der Waals surface area (Å²) in [6.45, 7) is 7.58. The summed E-state index contributed by atoms with van der Waals surface area (Å²) in [7, 11) is 0. The molecule has 3 aliphatic rings. The second kappa shape index (κ2) is 8.22. The number of H-pyrrole nitrogens is 1. The second-order valence-corrected chi connectivity index (χ2v) is 8.99. The summed E-state index contributed by atoms with van der Waals surface area (Å²) in [6.07, 6.45) is 4.27. The summed E-state index contributed by atoms with van der Waals surface area (Å²) in [5.41, 5.74) is 4.67. The van der Waals surface area contributed by atoms with Gasteiger partial charge in [0.25, 0.3) is 11.8 Å². The first-order valence-electron chi connectivity index (χ1n) is 10.5. The molecule has 31 heavy (non-hydrogen) atoms. The first-order valence-corrected chi connectivity index (χ1v) is 11.3. The van der Waals surface area contributed by atoms with Gasteiger partial charge in [0.1, 0.15) is 5.82 Å². The van der Waals surface area contributed by atoms with Crippen LogP contribution in [0.2, 0.25) is 0 Å². The number of hydrogen-bond donors (Lipinski definition) is 2. The van der Waals surface area contributed by atoms with Crippen molar-refractivity contribution in [1.29, 1.82) is 0 Å². The molecule has 1 fully saturated rings. The Labute approximate surface area is 188 Å². The molecule has 1 saturated heterocycles. The predicted octanol–water partition coefficient (Wildman–Crippen LogP) is 2.30. The molecule has 0 spiro atoms. The lowest BCUT2D eigenvalue weighted by Gasteiger charge is -2.32. The van der Waals surface area contributed by atoms with E-state index in [1.807, 2.05) is 24.0 Å². The molecule has 3 aliphatic heterocycles. The van der Waals surface area contributed by atoms with E-state index in [0.717, 1.165) is 78.4 Å². The highest BCUT2D eigenvalue weighted by Gasteiger charge is 2.31. The molecule has 2 N–H and O–H groups in total. The van der Waals surface area contributed by atoms with Gasteiger partial charge in [0.2, 0.25) is 0 Å². The molecule has 0 atom stereocenters. The molecule has 8 nitrogen and oxygen atoms in total. The Kier molecular flexibility index (Phi) is 5.41. The summed E-state index contributed by atoms with van der Waals surface area (Å²) in [4.78, 5) is 37.7. The van der Waals surface area contributed by atoms with Crippen molar-refractivity contribution in [2.24, 2.45) is 0 Å². The number of rotatable bonds is 4. The van der Waals surface area contributed by atoms with Crippen molar-refractivity contribution in [3.8, 4) is 0 Å². The third-order valence-electron chi connectivity index (χ3n) is 6.20. The molecular formula is C22H24BrN5O3. The van der Waals surface area contributed by atoms with Crippen molar-refractivity contribution in [1.82, 2.24) is 19.8 Å². The lowest BCUT2D eigenvalue weighted by Crippen LogP contribution is -2.45. The molecule has 9 heteroatoms. The topological polar surface area (TPSA) is 90.6 Å². The second-order valence-electron chi connectivity index (χ2n) is 8.08. The fourth-order valence-electron chi connectivity index (χ4n) is 4.44. The maximum absolute atomic E-state index is 13.2. The number of nitrogens with zero attached hydrogens (tertiary/aromatic N) is 3. The van der Waals surface area contributed by atoms with Crippen molar-refractivity contribution in [3.05, 3.63) is 44.8 Å². The standard InChI is InChI=1S/C22H24BrN5O3/c1-13-18(11-16-15-10-14(23)12-24-20(15)26-21(16)29)25-17-2-3-28(22(30)19(13)17)5-4-27-6-8-31-9-7-27/h10-12,25H,2-9H2,1H3,(H,24,26,29)/b16-11-. The number of pyridine rings is 1. The van der Waals surface area contributed by atoms with Gasteiger partial charge in [0.05, 0.1) is 24.4 Å². The molecule has 0 unspecified atom stereocenters. The monoisotopic (exact) mass is 485 g/mol. The number of nitrogens with one attached hydrogen (secondary N) is 2. The molecule has 5 heterocycles. The van der Waals surface area contributed by atoms with Gasteiger partial charge in [-0.3, -0.25) is 14.5 Å². The zero-order valence-corrected chi connectivity index (χ0v) is 18.9. The van der Waals surface area contributed by atoms with Crippen LogP contribution in [-0.2, 0) is 16.0 Å². The third kappa shape index (κ3) is 3.81. The number of aromatic amines is 1. The first kappa shape index (κ1) is 20.4. The van der Waals surface area contributed by atoms with Gasteiger partial charge >= 0.3 is 0 Å². The number of hydrogen-bond acceptors (Lipinski definition) is 5. The lowest BCUT2D eigenvalue weighted by atomic mass is 10.0. The number of amides is 2. The summed E-state index contributed by atoms with van der Waals surface area (Å²) < 4.78 is 6.21. The minimum absolute atomic E-state index is 0.0635. The van der Waals surface area contributed by atoms with E-state index in [1.165, 1.54) is 0 Å². The molecule has 162 valence electrons. The van der Waals surface area contributed by atoms with Gasteiger partial charge in [-0.15, -0.1) is 0 Å². The highest BCUT2D eigenvalue weighted by atomic mass is 79.9. The van der Waals surface area contributed by atoms with Crippen LogP contribution in [0.5, 0.6) is 0 Å². The Morgan fingerprint density at radius 1 is 1.23 bits per heavy atom. The minimum Gasteiger partial charge on any atom is -0.379 e. The highest BCUT2D eigenvalue weighted by molar-refractivity contribution is 9.10. The van der Waals surface area contributed by atoms with Gasteiger partial charge in [-0.1, -0.05) is 0 Å². The number of carbonyl (C=O) groups excluding carboxylic acids is 2. The maximum atomic E-state index is 13.2. The molecule has 2 amide bonds. The van der Waals surface area contributed by atoms with Crippen molar-refractivity contribution >= 4 is 45.2 Å². The quantitative estimate of drug-likeness (QED) is 0.648. The number of ether oxygens (including phenoxy) is 1. The van der Waals surface area contributed by atoms with Crippen LogP contribution in [0.25, 0.3) is 11.6 Å². The molecule has 5 rings (SSSR count). The van der Waals surface area contributed by atoms with Crippen LogP contribution in [0, 0.1) is 6.92 Å². The first-order chi connectivity index (χ1) is 15.0. The van der Waals surface area contributed by atoms with Crippen LogP contribution < -0.4 is 5.32 Å². The van der Waals surface area contributed by atoms with Gasteiger partial charge < -0.3 is 19.9 Å². The van der Waals surface area contributed by atoms with E-state index in [1.54, 1.807) is 6.20 Å². The van der Waals surface area contributed by atoms with Crippen LogP contribution in [0.3, 0.4) is 0 Å². The molecule has 0 saturated carbocycles. The van der Waals surface area contributed by atoms with Gasteiger partial charge in [0.15, 0.2) is 0 Å². The van der Waals surface area contributed by atoms with Gasteiger partial charge in [-0.05, 0) is 40.6 Å². The van der Waals surface area contributed by atoms with Gasteiger partial charge in [0, 0.05) is 66.8 Å². The van der Waals surface area contributed by atoms with E-state index in [4.69, 9.17) is 4.74 Å². The van der Waals surface area contributed by atoms with Crippen LogP contribution in [0.1, 0.15) is 32.9 Å². The number of morpholine rings is 1. The number of anilines is 1. The lowest BCUT2D eigenvalue weighted by molar-refractivity contribution is -0.110. The van der Waals surface area contributed by atoms with Gasteiger partial charge in [-0.2, -0.15) is 0 Å². The van der Waals surface area contributed by atoms with Crippen LogP contribution >= 0.6 is 15.9 Å². The Balaban J connectivity index is 1.39. The van der Waals surface area contributed by atoms with Gasteiger partial charge in [-0.25, -0.2) is 4.98 Å². The summed E-state index contributed by atoms with van der Waals surface area (Å²) in [6, 6.07) is 1.88. The summed E-state index contributed by atoms with van der Waals surface area (Å²) in [5, 5.41) is 2.80. The van der Waals surface area contributed by atoms with E-state index < -0.39 is 0 Å². The Bertz CT molecular complexity index is 1090. The largest absolute Gasteiger partial charge is 0.379 e. The van der Waals surface area contributed by atoms with E-state index in [0.29, 0.717) is 17.9 Å². The average molecular weight is 486 g/mol. The summed E-state index contributed by atoms with van der Waals surface area (Å²) in [5.74, 6) is 0.429. The van der Waals surface area contributed by atoms with Crippen molar-refractivity contribution in [3.63, 3.8) is 0 Å². The normalized spacial score (nSPS) is 20.2. The van der Waals surface area contributed by atoms with Crippen molar-refractivity contribution in [2.45, 2.75) is 13.3 Å². The Morgan fingerprint density at radius 2 is 2.03 bits per heavy atom. The fourth-order valence-corrected chi connectivity index (χ4v) is 4.77. The number of halogens is 1. The van der Waals surface area contributed by atoms with Crippen molar-refractivity contribution in [2.75, 3.05) is 51.3 Å². The molecule has 0 aliphatic carbocycles. The zero-order chi connectivity index (χ0) is 21.5. The van der Waals surface area contributed by atoms with E-state index in [2.05, 4.69) is 36.1 Å². The Morgan fingerprint density at radius 3 is 2.84 bits per heavy atom. The molecule has 2 aromatic heterocycles. The van der Waals surface area contributed by atoms with E-state index >= 15 is 0 Å². The maximum Gasteiger partial charge on any atom is 0.257 e. The number of carbonyl (C=O) groups is 2. The van der Waals surface area contributed by atoms with Crippen LogP contribution in [-0.4, -0.2) is 77.5 Å². The molecule has 2 aromatic rings. The molecule has 0 bridgehead atoms. The average Bonchev–Trinajstić information content (AvgIpc) is 3.25. The molecular weight excluding hydrogens is 462 g/mol. The smallest absolute Gasteiger partial charge is 0.257 e. The number of aromatic nitrogens is 2. The Hall–Kier alpha value is -2.49. The summed E-state index contributed by atoms with van der Waals surface area (Å²) >= 11 is 3.42. The third-order valence-corrected chi connectivity index (χ3v) is 6.63. The van der Waals surface area contributed by atoms with Crippen LogP contribution in [0.15, 0.2) is 16.7 Å². The zero-order valence-electron chi connectivity index (χ0n) is 17.3. The predicted molar refractivity (Wildman–Crippen MR) is 121 cm³/mol. The fraction of sp³-hybridized carbons (Fsp3) is 0.409. The molecule has 0 radical (unpaired) electrons. The molecule has 0 aromatic carbocycles. The number of fused-ring (bicyclic) bond motifs is 2. The van der Waals surface area contributed by atoms with E-state index in [9.17, 15) is 9.59 Å². The van der Waals surface area contributed by atoms with Crippen LogP contribution in [0.4, 0.5) is 5.82 Å². The highest BCUT2D eigenvalue weighted by Crippen LogP contribution is 2.34.